The molecule has 0 bridgehead atoms. The van der Waals surface area contributed by atoms with Gasteiger partial charge < -0.3 is 0 Å². The van der Waals surface area contributed by atoms with Gasteiger partial charge in [-0.05, 0) is 22.3 Å². The van der Waals surface area contributed by atoms with Crippen molar-refractivity contribution in [1.82, 2.24) is 0 Å². The maximum absolute atomic E-state index is 2.12. The molecule has 25 heavy (non-hydrogen) atoms. The van der Waals surface area contributed by atoms with Gasteiger partial charge in [0.25, 0.3) is 0 Å². The lowest BCUT2D eigenvalue weighted by molar-refractivity contribution is 1.62. The average Bonchev–Trinajstić information content (AvgIpc) is 2.71. The van der Waals surface area contributed by atoms with Gasteiger partial charge in [-0.2, -0.15) is 9.90 Å². The monoisotopic (exact) mass is 342 g/mol. The zero-order valence-electron chi connectivity index (χ0n) is 14.3. The predicted octanol–water partition coefficient (Wildman–Crippen LogP) is 6.77. The van der Waals surface area contributed by atoms with E-state index in [1.54, 1.807) is 0 Å². The molecule has 0 amide bonds. The van der Waals surface area contributed by atoms with Crippen LogP contribution in [-0.4, -0.2) is 0 Å². The Morgan fingerprint density at radius 2 is 0.400 bits per heavy atom. The third-order valence-electron chi connectivity index (χ3n) is 3.76. The van der Waals surface area contributed by atoms with Gasteiger partial charge in [-0.1, -0.05) is 121 Å². The molecule has 1 atom stereocenters. The third-order valence-corrected chi connectivity index (χ3v) is 3.76. The van der Waals surface area contributed by atoms with Crippen molar-refractivity contribution in [1.29, 1.82) is 0 Å². The van der Waals surface area contributed by atoms with Crippen LogP contribution in [0.5, 0.6) is 0 Å². The van der Waals surface area contributed by atoms with E-state index in [2.05, 4.69) is 97.1 Å². The van der Waals surface area contributed by atoms with Crippen LogP contribution in [0.3, 0.4) is 0 Å². The third kappa shape index (κ3) is 5.71. The molecule has 0 aliphatic rings. The van der Waals surface area contributed by atoms with Crippen LogP contribution in [0.2, 0.25) is 0 Å². The lowest BCUT2D eigenvalue weighted by Gasteiger charge is -1.98. The predicted molar refractivity (Wildman–Crippen MR) is 115 cm³/mol. The quantitative estimate of drug-likeness (QED) is 0.353. The molecule has 0 saturated carbocycles. The topological polar surface area (TPSA) is 0 Å². The van der Waals surface area contributed by atoms with Crippen LogP contribution < -0.4 is 0 Å². The minimum absolute atomic E-state index is 0. The van der Waals surface area contributed by atoms with Crippen molar-refractivity contribution < 1.29 is 0 Å². The van der Waals surface area contributed by atoms with Gasteiger partial charge in [0.05, 0.1) is 0 Å². The lowest BCUT2D eigenvalue weighted by atomic mass is 10.1. The Bertz CT molecular complexity index is 676. The van der Waals surface area contributed by atoms with Crippen molar-refractivity contribution >= 4 is 9.90 Å². The Morgan fingerprint density at radius 1 is 0.240 bits per heavy atom. The van der Waals surface area contributed by atoms with E-state index in [-0.39, 0.29) is 9.90 Å². The Labute approximate surface area is 153 Å². The molecule has 4 aromatic carbocycles. The van der Waals surface area contributed by atoms with Gasteiger partial charge in [-0.15, -0.1) is 0 Å². The molecule has 0 aromatic heterocycles. The molecule has 0 aliphatic heterocycles. The number of hydrogen-bond donors (Lipinski definition) is 0. The molecule has 4 rings (SSSR count). The van der Waals surface area contributed by atoms with E-state index in [4.69, 9.17) is 0 Å². The normalized spacial score (nSPS) is 9.28. The summed E-state index contributed by atoms with van der Waals surface area (Å²) in [5.74, 6) is 0. The van der Waals surface area contributed by atoms with E-state index in [1.807, 2.05) is 24.3 Å². The molecular weight excluding hydrogens is 319 g/mol. The lowest BCUT2D eigenvalue weighted by Crippen LogP contribution is -1.73. The standard InChI is InChI=1S/2C12H10.H3P/c2*1-3-7-11(8-4-1)12-9-5-2-6-10-12;/h2*1-10H;1H3. The highest BCUT2D eigenvalue weighted by Gasteiger charge is 1.92. The van der Waals surface area contributed by atoms with Gasteiger partial charge in [-0.3, -0.25) is 0 Å². The van der Waals surface area contributed by atoms with E-state index in [0.29, 0.717) is 0 Å². The first kappa shape index (κ1) is 18.6. The molecule has 0 saturated heterocycles. The summed E-state index contributed by atoms with van der Waals surface area (Å²) in [7, 11) is 0. The van der Waals surface area contributed by atoms with Crippen LogP contribution in [0.4, 0.5) is 0 Å². The summed E-state index contributed by atoms with van der Waals surface area (Å²) in [6.07, 6.45) is 0. The molecule has 4 aromatic rings. The summed E-state index contributed by atoms with van der Waals surface area (Å²) in [4.78, 5) is 0. The molecule has 0 N–H and O–H groups in total. The summed E-state index contributed by atoms with van der Waals surface area (Å²) in [6.45, 7) is 0. The zero-order valence-corrected chi connectivity index (χ0v) is 15.7. The molecule has 1 unspecified atom stereocenters. The molecule has 0 nitrogen and oxygen atoms in total. The molecule has 1 heteroatoms. The number of hydrogen-bond acceptors (Lipinski definition) is 0. The maximum Gasteiger partial charge on any atom is -0.0184 e. The second-order valence-electron chi connectivity index (χ2n) is 5.46. The van der Waals surface area contributed by atoms with Crippen molar-refractivity contribution in [3.63, 3.8) is 0 Å². The highest BCUT2D eigenvalue weighted by atomic mass is 31.0. The van der Waals surface area contributed by atoms with Crippen molar-refractivity contribution in [2.24, 2.45) is 0 Å². The summed E-state index contributed by atoms with van der Waals surface area (Å²) >= 11 is 0. The SMILES string of the molecule is P.c1ccc(-c2ccccc2)cc1.c1ccc(-c2ccccc2)cc1. The van der Waals surface area contributed by atoms with Crippen molar-refractivity contribution in [3.05, 3.63) is 121 Å². The van der Waals surface area contributed by atoms with Crippen LogP contribution in [-0.2, 0) is 0 Å². The van der Waals surface area contributed by atoms with E-state index >= 15 is 0 Å². The Morgan fingerprint density at radius 3 is 0.560 bits per heavy atom. The minimum Gasteiger partial charge on any atom is -0.153 e. The molecule has 0 fully saturated rings. The van der Waals surface area contributed by atoms with Crippen molar-refractivity contribution in [3.8, 4) is 22.3 Å². The molecule has 0 radical (unpaired) electrons. The highest BCUT2D eigenvalue weighted by molar-refractivity contribution is 6.92. The molecule has 0 aliphatic carbocycles. The van der Waals surface area contributed by atoms with Crippen LogP contribution in [0, 0.1) is 0 Å². The highest BCUT2D eigenvalue weighted by Crippen LogP contribution is 2.18. The largest absolute Gasteiger partial charge is 0.153 e. The van der Waals surface area contributed by atoms with Gasteiger partial charge in [0, 0.05) is 0 Å². The molecule has 0 heterocycles. The number of rotatable bonds is 2. The van der Waals surface area contributed by atoms with Crippen LogP contribution >= 0.6 is 9.90 Å². The van der Waals surface area contributed by atoms with E-state index in [0.717, 1.165) is 0 Å². The van der Waals surface area contributed by atoms with Crippen molar-refractivity contribution in [2.45, 2.75) is 0 Å². The fourth-order valence-corrected chi connectivity index (χ4v) is 2.52. The fraction of sp³-hybridized carbons (Fsp3) is 0. The summed E-state index contributed by atoms with van der Waals surface area (Å²) < 4.78 is 0. The fourth-order valence-electron chi connectivity index (χ4n) is 2.52. The first-order chi connectivity index (χ1) is 11.9. The van der Waals surface area contributed by atoms with Gasteiger partial charge in [0.2, 0.25) is 0 Å². The maximum atomic E-state index is 2.12. The molecular formula is C24H23P. The average molecular weight is 342 g/mol. The van der Waals surface area contributed by atoms with E-state index in [9.17, 15) is 0 Å². The van der Waals surface area contributed by atoms with Gasteiger partial charge in [0.1, 0.15) is 0 Å². The van der Waals surface area contributed by atoms with E-state index in [1.165, 1.54) is 22.3 Å². The summed E-state index contributed by atoms with van der Waals surface area (Å²) in [5.41, 5.74) is 5.10. The second-order valence-corrected chi connectivity index (χ2v) is 5.46. The first-order valence-electron chi connectivity index (χ1n) is 8.14. The molecule has 0 spiro atoms. The Balaban J connectivity index is 0.000000173. The molecule has 124 valence electrons. The summed E-state index contributed by atoms with van der Waals surface area (Å²) in [5, 5.41) is 0. The van der Waals surface area contributed by atoms with E-state index < -0.39 is 0 Å². The minimum atomic E-state index is 0. The second kappa shape index (κ2) is 10.2. The van der Waals surface area contributed by atoms with Gasteiger partial charge in [0.15, 0.2) is 0 Å². The summed E-state index contributed by atoms with van der Waals surface area (Å²) in [6, 6.07) is 41.6. The van der Waals surface area contributed by atoms with Crippen LogP contribution in [0.15, 0.2) is 121 Å². The van der Waals surface area contributed by atoms with Crippen molar-refractivity contribution in [2.75, 3.05) is 0 Å². The Kier molecular flexibility index (Phi) is 7.63. The Hall–Kier alpha value is -2.69. The van der Waals surface area contributed by atoms with Gasteiger partial charge >= 0.3 is 0 Å². The smallest absolute Gasteiger partial charge is 0.0184 e. The van der Waals surface area contributed by atoms with Crippen LogP contribution in [0.1, 0.15) is 0 Å². The van der Waals surface area contributed by atoms with Crippen LogP contribution in [0.25, 0.3) is 22.3 Å². The number of benzene rings is 4. The zero-order chi connectivity index (χ0) is 16.5. The van der Waals surface area contributed by atoms with Gasteiger partial charge in [-0.25, -0.2) is 0 Å². The first-order valence-corrected chi connectivity index (χ1v) is 8.14.